The van der Waals surface area contributed by atoms with Crippen molar-refractivity contribution in [1.82, 2.24) is 9.88 Å². The van der Waals surface area contributed by atoms with Gasteiger partial charge in [0.25, 0.3) is 0 Å². The zero-order chi connectivity index (χ0) is 15.9. The molecule has 2 heterocycles. The second-order valence-electron chi connectivity index (χ2n) is 6.34. The molecule has 1 fully saturated rings. The van der Waals surface area contributed by atoms with Gasteiger partial charge in [-0.1, -0.05) is 36.4 Å². The highest BCUT2D eigenvalue weighted by molar-refractivity contribution is 5.83. The van der Waals surface area contributed by atoms with Crippen molar-refractivity contribution in [3.8, 4) is 0 Å². The summed E-state index contributed by atoms with van der Waals surface area (Å²) in [6.45, 7) is 2.99. The molecule has 3 rings (SSSR count). The number of nitrogens with zero attached hydrogens (tertiary/aromatic N) is 2. The molecule has 1 aliphatic rings. The van der Waals surface area contributed by atoms with Gasteiger partial charge in [0.15, 0.2) is 0 Å². The van der Waals surface area contributed by atoms with Crippen molar-refractivity contribution in [3.05, 3.63) is 66.0 Å². The molecule has 1 aliphatic heterocycles. The fourth-order valence-corrected chi connectivity index (χ4v) is 3.28. The van der Waals surface area contributed by atoms with Gasteiger partial charge >= 0.3 is 0 Å². The van der Waals surface area contributed by atoms with Crippen LogP contribution in [0.25, 0.3) is 0 Å². The Bertz CT molecular complexity index is 612. The summed E-state index contributed by atoms with van der Waals surface area (Å²) >= 11 is 0. The van der Waals surface area contributed by atoms with Crippen molar-refractivity contribution < 1.29 is 4.79 Å². The second-order valence-corrected chi connectivity index (χ2v) is 6.34. The third kappa shape index (κ3) is 4.73. The van der Waals surface area contributed by atoms with Gasteiger partial charge in [0, 0.05) is 43.7 Å². The fraction of sp³-hybridized carbons (Fsp3) is 0.400. The van der Waals surface area contributed by atoms with Crippen LogP contribution in [0.5, 0.6) is 0 Å². The van der Waals surface area contributed by atoms with Crippen LogP contribution in [0.3, 0.4) is 0 Å². The Hall–Kier alpha value is -2.00. The minimum atomic E-state index is 0.188. The van der Waals surface area contributed by atoms with E-state index in [1.54, 1.807) is 0 Å². The first-order valence-corrected chi connectivity index (χ1v) is 8.50. The van der Waals surface area contributed by atoms with Gasteiger partial charge in [-0.25, -0.2) is 0 Å². The Morgan fingerprint density at radius 2 is 1.96 bits per heavy atom. The standard InChI is InChI=1S/C20H24N2O/c23-20(15-17-7-2-1-3-8-17)18-9-6-13-22(16-18)14-11-19-10-4-5-12-21-19/h1-5,7-8,10,12,18H,6,9,11,13-16H2/t18-/m0/s1. The first kappa shape index (κ1) is 15.9. The number of ketones is 1. The highest BCUT2D eigenvalue weighted by Gasteiger charge is 2.25. The fourth-order valence-electron chi connectivity index (χ4n) is 3.28. The quantitative estimate of drug-likeness (QED) is 0.822. The Morgan fingerprint density at radius 1 is 1.13 bits per heavy atom. The number of Topliss-reactive ketones (excluding diaryl/α,β-unsaturated/α-hetero) is 1. The van der Waals surface area contributed by atoms with Crippen LogP contribution in [-0.4, -0.2) is 35.3 Å². The summed E-state index contributed by atoms with van der Waals surface area (Å²) in [5.74, 6) is 0.575. The lowest BCUT2D eigenvalue weighted by molar-refractivity contribution is -0.123. The number of rotatable bonds is 6. The molecule has 0 N–H and O–H groups in total. The number of pyridine rings is 1. The van der Waals surface area contributed by atoms with Crippen LogP contribution in [0.4, 0.5) is 0 Å². The molecule has 120 valence electrons. The Morgan fingerprint density at radius 3 is 2.74 bits per heavy atom. The minimum absolute atomic E-state index is 0.188. The predicted molar refractivity (Wildman–Crippen MR) is 92.3 cm³/mol. The van der Waals surface area contributed by atoms with Crippen molar-refractivity contribution in [2.75, 3.05) is 19.6 Å². The van der Waals surface area contributed by atoms with E-state index in [1.807, 2.05) is 48.7 Å². The van der Waals surface area contributed by atoms with Crippen molar-refractivity contribution in [1.29, 1.82) is 0 Å². The average molecular weight is 308 g/mol. The summed E-state index contributed by atoms with van der Waals surface area (Å²) in [6, 6.07) is 16.1. The first-order chi connectivity index (χ1) is 11.3. The Labute approximate surface area is 138 Å². The van der Waals surface area contributed by atoms with E-state index in [1.165, 1.54) is 0 Å². The van der Waals surface area contributed by atoms with Gasteiger partial charge in [-0.3, -0.25) is 9.78 Å². The van der Waals surface area contributed by atoms with Gasteiger partial charge in [-0.05, 0) is 37.1 Å². The maximum atomic E-state index is 12.5. The smallest absolute Gasteiger partial charge is 0.141 e. The predicted octanol–water partition coefficient (Wildman–Crippen LogP) is 3.15. The highest BCUT2D eigenvalue weighted by Crippen LogP contribution is 2.19. The van der Waals surface area contributed by atoms with Crippen LogP contribution in [-0.2, 0) is 17.6 Å². The molecule has 0 unspecified atom stereocenters. The minimum Gasteiger partial charge on any atom is -0.302 e. The van der Waals surface area contributed by atoms with E-state index in [-0.39, 0.29) is 5.92 Å². The molecule has 0 amide bonds. The van der Waals surface area contributed by atoms with Gasteiger partial charge in [-0.2, -0.15) is 0 Å². The van der Waals surface area contributed by atoms with Gasteiger partial charge in [0.05, 0.1) is 0 Å². The van der Waals surface area contributed by atoms with Crippen LogP contribution >= 0.6 is 0 Å². The van der Waals surface area contributed by atoms with Crippen LogP contribution in [0, 0.1) is 5.92 Å². The second kappa shape index (κ2) is 8.02. The first-order valence-electron chi connectivity index (χ1n) is 8.50. The van der Waals surface area contributed by atoms with E-state index in [4.69, 9.17) is 0 Å². The van der Waals surface area contributed by atoms with Gasteiger partial charge < -0.3 is 4.90 Å². The molecular formula is C20H24N2O. The molecule has 0 spiro atoms. The molecule has 3 nitrogen and oxygen atoms in total. The molecule has 1 saturated heterocycles. The number of hydrogen-bond acceptors (Lipinski definition) is 3. The molecule has 1 atom stereocenters. The molecule has 1 aromatic heterocycles. The molecule has 0 bridgehead atoms. The number of carbonyl (C=O) groups is 1. The maximum absolute atomic E-state index is 12.5. The molecular weight excluding hydrogens is 284 g/mol. The molecule has 0 saturated carbocycles. The van der Waals surface area contributed by atoms with Crippen LogP contribution in [0.15, 0.2) is 54.7 Å². The summed E-state index contributed by atoms with van der Waals surface area (Å²) in [6.07, 6.45) is 5.52. The Kier molecular flexibility index (Phi) is 5.54. The van der Waals surface area contributed by atoms with E-state index >= 15 is 0 Å². The van der Waals surface area contributed by atoms with Gasteiger partial charge in [-0.15, -0.1) is 0 Å². The normalized spacial score (nSPS) is 18.7. The SMILES string of the molecule is O=C(Cc1ccccc1)[C@H]1CCCN(CCc2ccccn2)C1. The summed E-state index contributed by atoms with van der Waals surface area (Å²) in [4.78, 5) is 19.4. The zero-order valence-electron chi connectivity index (χ0n) is 13.5. The highest BCUT2D eigenvalue weighted by atomic mass is 16.1. The third-order valence-electron chi connectivity index (χ3n) is 4.59. The maximum Gasteiger partial charge on any atom is 0.141 e. The number of piperidine rings is 1. The third-order valence-corrected chi connectivity index (χ3v) is 4.59. The van der Waals surface area contributed by atoms with E-state index in [9.17, 15) is 4.79 Å². The zero-order valence-corrected chi connectivity index (χ0v) is 13.5. The van der Waals surface area contributed by atoms with Crippen LogP contribution in [0.1, 0.15) is 24.1 Å². The summed E-state index contributed by atoms with van der Waals surface area (Å²) < 4.78 is 0. The number of benzene rings is 1. The van der Waals surface area contributed by atoms with Crippen molar-refractivity contribution in [2.24, 2.45) is 5.92 Å². The van der Waals surface area contributed by atoms with Crippen molar-refractivity contribution >= 4 is 5.78 Å². The van der Waals surface area contributed by atoms with Crippen molar-refractivity contribution in [3.63, 3.8) is 0 Å². The number of likely N-dealkylation sites (tertiary alicyclic amines) is 1. The Balaban J connectivity index is 1.50. The monoisotopic (exact) mass is 308 g/mol. The van der Waals surface area contributed by atoms with E-state index in [0.717, 1.165) is 50.2 Å². The number of carbonyl (C=O) groups excluding carboxylic acids is 1. The van der Waals surface area contributed by atoms with E-state index in [0.29, 0.717) is 12.2 Å². The van der Waals surface area contributed by atoms with Gasteiger partial charge in [0.2, 0.25) is 0 Å². The van der Waals surface area contributed by atoms with Crippen molar-refractivity contribution in [2.45, 2.75) is 25.7 Å². The topological polar surface area (TPSA) is 33.2 Å². The van der Waals surface area contributed by atoms with Crippen LogP contribution < -0.4 is 0 Å². The average Bonchev–Trinajstić information content (AvgIpc) is 2.62. The molecule has 23 heavy (non-hydrogen) atoms. The molecule has 0 radical (unpaired) electrons. The summed E-state index contributed by atoms with van der Waals surface area (Å²) in [7, 11) is 0. The van der Waals surface area contributed by atoms with E-state index < -0.39 is 0 Å². The molecule has 3 heteroatoms. The lowest BCUT2D eigenvalue weighted by atomic mass is 9.90. The van der Waals surface area contributed by atoms with Gasteiger partial charge in [0.1, 0.15) is 5.78 Å². The lowest BCUT2D eigenvalue weighted by Gasteiger charge is -2.32. The summed E-state index contributed by atoms with van der Waals surface area (Å²) in [5, 5.41) is 0. The molecule has 2 aromatic rings. The molecule has 1 aromatic carbocycles. The van der Waals surface area contributed by atoms with E-state index in [2.05, 4.69) is 16.0 Å². The number of hydrogen-bond donors (Lipinski definition) is 0. The molecule has 0 aliphatic carbocycles. The number of aromatic nitrogens is 1. The summed E-state index contributed by atoms with van der Waals surface area (Å²) in [5.41, 5.74) is 2.26. The van der Waals surface area contributed by atoms with Crippen LogP contribution in [0.2, 0.25) is 0 Å². The lowest BCUT2D eigenvalue weighted by Crippen LogP contribution is -2.40. The largest absolute Gasteiger partial charge is 0.302 e.